The van der Waals surface area contributed by atoms with Gasteiger partial charge in [-0.25, -0.2) is 9.78 Å². The lowest BCUT2D eigenvalue weighted by Crippen LogP contribution is -2.78. The van der Waals surface area contributed by atoms with Crippen molar-refractivity contribution in [3.63, 3.8) is 0 Å². The van der Waals surface area contributed by atoms with Gasteiger partial charge in [-0.2, -0.15) is 13.2 Å². The van der Waals surface area contributed by atoms with Gasteiger partial charge in [0.1, 0.15) is 5.75 Å². The van der Waals surface area contributed by atoms with Crippen molar-refractivity contribution in [1.82, 2.24) is 4.90 Å². The minimum Gasteiger partial charge on any atom is -0.497 e. The predicted molar refractivity (Wildman–Crippen MR) is 104 cm³/mol. The quantitative estimate of drug-likeness (QED) is 0.696. The monoisotopic (exact) mass is 459 g/mol. The molecule has 5 fully saturated rings. The van der Waals surface area contributed by atoms with Crippen LogP contribution in [0.4, 0.5) is 13.2 Å². The molecule has 0 radical (unpaired) electrons. The minimum absolute atomic E-state index is 0.307. The Kier molecular flexibility index (Phi) is 5.09. The Labute approximate surface area is 184 Å². The SMILES string of the molecule is COc1ccc(CN2CC[C@H]3[C@@H](C)[C@](O)(C(F)(F)F)O[C@@H]4OC5(C)CC[C@@H]2[C@]43OO5)cc1. The highest BCUT2D eigenvalue weighted by Gasteiger charge is 2.76. The molecule has 6 rings (SSSR count). The highest BCUT2D eigenvalue weighted by molar-refractivity contribution is 5.27. The highest BCUT2D eigenvalue weighted by Crippen LogP contribution is 2.60. The Morgan fingerprint density at radius 3 is 2.53 bits per heavy atom. The maximum absolute atomic E-state index is 13.9. The normalized spacial score (nSPS) is 44.1. The molecule has 1 N–H and O–H groups in total. The second-order valence-electron chi connectivity index (χ2n) is 9.47. The Bertz CT molecular complexity index is 868. The maximum atomic E-state index is 13.9. The fraction of sp³-hybridized carbons (Fsp3) is 0.727. The summed E-state index contributed by atoms with van der Waals surface area (Å²) in [6.45, 7) is 4.11. The number of alkyl halides is 3. The van der Waals surface area contributed by atoms with E-state index in [2.05, 4.69) is 4.90 Å². The number of benzene rings is 1. The van der Waals surface area contributed by atoms with Gasteiger partial charge in [-0.3, -0.25) is 4.90 Å². The largest absolute Gasteiger partial charge is 0.497 e. The van der Waals surface area contributed by atoms with Crippen molar-refractivity contribution in [2.45, 2.75) is 75.3 Å². The molecule has 1 spiro atoms. The van der Waals surface area contributed by atoms with Crippen LogP contribution in [0.15, 0.2) is 24.3 Å². The Hall–Kier alpha value is -1.43. The van der Waals surface area contributed by atoms with Crippen LogP contribution in [0.2, 0.25) is 0 Å². The zero-order chi connectivity index (χ0) is 22.9. The van der Waals surface area contributed by atoms with Crippen LogP contribution in [0.3, 0.4) is 0 Å². The van der Waals surface area contributed by atoms with E-state index in [1.807, 2.05) is 24.3 Å². The van der Waals surface area contributed by atoms with Gasteiger partial charge in [0.05, 0.1) is 7.11 Å². The van der Waals surface area contributed by atoms with Crippen LogP contribution in [-0.2, 0) is 25.8 Å². The molecule has 1 aromatic carbocycles. The Morgan fingerprint density at radius 2 is 1.88 bits per heavy atom. The smallest absolute Gasteiger partial charge is 0.443 e. The number of ether oxygens (including phenoxy) is 3. The van der Waals surface area contributed by atoms with E-state index < -0.39 is 41.5 Å². The third-order valence-electron chi connectivity index (χ3n) is 7.69. The van der Waals surface area contributed by atoms with Crippen LogP contribution in [-0.4, -0.2) is 59.3 Å². The first-order chi connectivity index (χ1) is 15.0. The number of hydrogen-bond acceptors (Lipinski definition) is 7. The Balaban J connectivity index is 1.52. The van der Waals surface area contributed by atoms with Crippen LogP contribution < -0.4 is 4.74 Å². The zero-order valence-corrected chi connectivity index (χ0v) is 18.2. The number of rotatable bonds is 3. The zero-order valence-electron chi connectivity index (χ0n) is 18.2. The number of aliphatic hydroxyl groups is 1. The fourth-order valence-electron chi connectivity index (χ4n) is 5.89. The molecule has 0 aliphatic carbocycles. The number of halogens is 3. The third kappa shape index (κ3) is 3.11. The van der Waals surface area contributed by atoms with Gasteiger partial charge in [0.2, 0.25) is 5.79 Å². The van der Waals surface area contributed by atoms with E-state index in [1.54, 1.807) is 14.0 Å². The van der Waals surface area contributed by atoms with Crippen LogP contribution in [0, 0.1) is 11.8 Å². The van der Waals surface area contributed by atoms with E-state index in [1.165, 1.54) is 6.92 Å². The molecule has 1 aromatic rings. The van der Waals surface area contributed by atoms with Crippen molar-refractivity contribution in [1.29, 1.82) is 0 Å². The van der Waals surface area contributed by atoms with E-state index >= 15 is 0 Å². The summed E-state index contributed by atoms with van der Waals surface area (Å²) in [6.07, 6.45) is -5.00. The van der Waals surface area contributed by atoms with Crippen molar-refractivity contribution in [3.05, 3.63) is 29.8 Å². The topological polar surface area (TPSA) is 69.6 Å². The van der Waals surface area contributed by atoms with Crippen molar-refractivity contribution in [2.24, 2.45) is 11.8 Å². The molecule has 5 saturated heterocycles. The molecule has 7 atom stereocenters. The van der Waals surface area contributed by atoms with E-state index in [0.717, 1.165) is 11.3 Å². The first kappa shape index (κ1) is 22.4. The average molecular weight is 459 g/mol. The molecule has 0 amide bonds. The summed E-state index contributed by atoms with van der Waals surface area (Å²) < 4.78 is 58.2. The molecule has 2 bridgehead atoms. The number of piperidine rings is 1. The standard InChI is InChI=1S/C22H28F3NO6/c1-13-16-9-11-26(12-14-4-6-15(28-3)7-5-14)17-8-10-19(2)29-18(20(16,17)32-31-19)30-21(13,27)22(23,24)25/h4-7,13,16-18,27H,8-12H2,1-3H3/t13-,16+,17-,18+,19?,20+,21-/m1/s1. The molecular formula is C22H28F3NO6. The molecule has 10 heteroatoms. The van der Waals surface area contributed by atoms with Gasteiger partial charge in [-0.1, -0.05) is 19.1 Å². The molecule has 5 heterocycles. The van der Waals surface area contributed by atoms with Crippen LogP contribution in [0.1, 0.15) is 38.7 Å². The summed E-state index contributed by atoms with van der Waals surface area (Å²) in [4.78, 5) is 13.8. The first-order valence-electron chi connectivity index (χ1n) is 10.9. The summed E-state index contributed by atoms with van der Waals surface area (Å²) in [5, 5.41) is 10.6. The predicted octanol–water partition coefficient (Wildman–Crippen LogP) is 3.36. The molecule has 0 aromatic heterocycles. The molecule has 1 unspecified atom stereocenters. The first-order valence-corrected chi connectivity index (χ1v) is 10.9. The van der Waals surface area contributed by atoms with Crippen LogP contribution in [0.25, 0.3) is 0 Å². The van der Waals surface area contributed by atoms with Gasteiger partial charge in [0.15, 0.2) is 11.9 Å². The summed E-state index contributed by atoms with van der Waals surface area (Å²) in [5.41, 5.74) is -0.238. The van der Waals surface area contributed by atoms with E-state index in [4.69, 9.17) is 24.0 Å². The van der Waals surface area contributed by atoms with E-state index in [-0.39, 0.29) is 6.04 Å². The van der Waals surface area contributed by atoms with E-state index in [9.17, 15) is 18.3 Å². The van der Waals surface area contributed by atoms with Gasteiger partial charge >= 0.3 is 6.18 Å². The summed E-state index contributed by atoms with van der Waals surface area (Å²) in [6, 6.07) is 7.37. The number of methoxy groups -OCH3 is 1. The van der Waals surface area contributed by atoms with Crippen molar-refractivity contribution >= 4 is 0 Å². The lowest BCUT2D eigenvalue weighted by molar-refractivity contribution is -0.595. The number of hydrogen-bond donors (Lipinski definition) is 1. The minimum atomic E-state index is -4.97. The molecule has 0 saturated carbocycles. The van der Waals surface area contributed by atoms with Gasteiger partial charge in [-0.15, -0.1) is 0 Å². The lowest BCUT2D eigenvalue weighted by Gasteiger charge is -2.62. The average Bonchev–Trinajstić information content (AvgIpc) is 2.97. The molecule has 178 valence electrons. The Morgan fingerprint density at radius 1 is 1.16 bits per heavy atom. The molecule has 32 heavy (non-hydrogen) atoms. The van der Waals surface area contributed by atoms with Crippen molar-refractivity contribution in [3.8, 4) is 5.75 Å². The number of nitrogens with zero attached hydrogens (tertiary/aromatic N) is 1. The molecular weight excluding hydrogens is 431 g/mol. The molecule has 5 aliphatic rings. The summed E-state index contributed by atoms with van der Waals surface area (Å²) in [5.74, 6) is -5.76. The number of fused-ring (bicyclic) bond motifs is 2. The summed E-state index contributed by atoms with van der Waals surface area (Å²) in [7, 11) is 1.60. The van der Waals surface area contributed by atoms with Gasteiger partial charge in [0, 0.05) is 30.8 Å². The number of likely N-dealkylation sites (tertiary alicyclic amines) is 1. The van der Waals surface area contributed by atoms with Gasteiger partial charge in [0.25, 0.3) is 5.79 Å². The maximum Gasteiger partial charge on any atom is 0.443 e. The molecule has 7 nitrogen and oxygen atoms in total. The second kappa shape index (κ2) is 7.28. The van der Waals surface area contributed by atoms with Crippen molar-refractivity contribution in [2.75, 3.05) is 13.7 Å². The van der Waals surface area contributed by atoms with Crippen LogP contribution >= 0.6 is 0 Å². The van der Waals surface area contributed by atoms with Gasteiger partial charge in [-0.05, 0) is 44.0 Å². The lowest BCUT2D eigenvalue weighted by atomic mass is 9.64. The fourth-order valence-corrected chi connectivity index (χ4v) is 5.89. The molecule has 5 aliphatic heterocycles. The van der Waals surface area contributed by atoms with Crippen molar-refractivity contribution < 1.29 is 42.3 Å². The second-order valence-corrected chi connectivity index (χ2v) is 9.47. The third-order valence-corrected chi connectivity index (χ3v) is 7.69. The highest BCUT2D eigenvalue weighted by atomic mass is 19.4. The van der Waals surface area contributed by atoms with Crippen LogP contribution in [0.5, 0.6) is 5.75 Å². The van der Waals surface area contributed by atoms with Gasteiger partial charge < -0.3 is 19.3 Å². The van der Waals surface area contributed by atoms with E-state index in [0.29, 0.717) is 32.4 Å². The summed E-state index contributed by atoms with van der Waals surface area (Å²) >= 11 is 0.